The van der Waals surface area contributed by atoms with E-state index >= 15 is 0 Å². The monoisotopic (exact) mass is 320 g/mol. The van der Waals surface area contributed by atoms with E-state index in [4.69, 9.17) is 0 Å². The molecule has 0 spiro atoms. The minimum atomic E-state index is 0.221. The van der Waals surface area contributed by atoms with E-state index in [0.717, 1.165) is 19.3 Å². The number of piperazine rings is 1. The number of carbonyl (C=O) groups excluding carboxylic acids is 2. The molecule has 1 aromatic heterocycles. The summed E-state index contributed by atoms with van der Waals surface area (Å²) < 4.78 is 0. The molecule has 0 atom stereocenters. The van der Waals surface area contributed by atoms with Gasteiger partial charge < -0.3 is 9.80 Å². The van der Waals surface area contributed by atoms with Gasteiger partial charge in [-0.1, -0.05) is 12.8 Å². The van der Waals surface area contributed by atoms with E-state index in [1.807, 2.05) is 15.2 Å². The molecule has 0 aromatic carbocycles. The first-order chi connectivity index (χ1) is 10.7. The summed E-state index contributed by atoms with van der Waals surface area (Å²) in [4.78, 5) is 28.5. The molecule has 0 radical (unpaired) electrons. The Morgan fingerprint density at radius 3 is 2.41 bits per heavy atom. The number of nitrogens with zero attached hydrogens (tertiary/aromatic N) is 2. The molecule has 4 nitrogen and oxygen atoms in total. The molecule has 1 aliphatic carbocycles. The molecular weight excluding hydrogens is 296 g/mol. The van der Waals surface area contributed by atoms with E-state index in [9.17, 15) is 9.59 Å². The lowest BCUT2D eigenvalue weighted by Gasteiger charge is -2.36. The van der Waals surface area contributed by atoms with Crippen LogP contribution in [0.4, 0.5) is 0 Å². The Balaban J connectivity index is 1.42. The SMILES string of the molecule is O=C(CCc1ccsc1)N1CCN(C(=O)C2CCCC2)CC1. The molecule has 120 valence electrons. The van der Waals surface area contributed by atoms with Crippen molar-refractivity contribution in [1.82, 2.24) is 9.80 Å². The van der Waals surface area contributed by atoms with Crippen LogP contribution in [0.3, 0.4) is 0 Å². The maximum atomic E-state index is 12.4. The second-order valence-corrected chi connectivity index (χ2v) is 7.10. The van der Waals surface area contributed by atoms with Gasteiger partial charge in [0.25, 0.3) is 0 Å². The van der Waals surface area contributed by atoms with Crippen molar-refractivity contribution >= 4 is 23.2 Å². The third-order valence-corrected chi connectivity index (χ3v) is 5.59. The number of thiophene rings is 1. The van der Waals surface area contributed by atoms with Crippen LogP contribution in [0.1, 0.15) is 37.7 Å². The quantitative estimate of drug-likeness (QED) is 0.855. The summed E-state index contributed by atoms with van der Waals surface area (Å²) in [6, 6.07) is 2.08. The Bertz CT molecular complexity index is 501. The minimum absolute atomic E-state index is 0.221. The van der Waals surface area contributed by atoms with Crippen molar-refractivity contribution in [1.29, 1.82) is 0 Å². The average Bonchev–Trinajstić information content (AvgIpc) is 3.25. The lowest BCUT2D eigenvalue weighted by atomic mass is 10.1. The van der Waals surface area contributed by atoms with Crippen LogP contribution >= 0.6 is 11.3 Å². The van der Waals surface area contributed by atoms with E-state index in [0.29, 0.717) is 38.5 Å². The van der Waals surface area contributed by atoms with Gasteiger partial charge in [0.05, 0.1) is 0 Å². The van der Waals surface area contributed by atoms with Crippen molar-refractivity contribution in [2.45, 2.75) is 38.5 Å². The number of amides is 2. The number of rotatable bonds is 4. The lowest BCUT2D eigenvalue weighted by Crippen LogP contribution is -2.51. The molecule has 2 aliphatic rings. The second-order valence-electron chi connectivity index (χ2n) is 6.32. The van der Waals surface area contributed by atoms with E-state index in [-0.39, 0.29) is 11.8 Å². The maximum Gasteiger partial charge on any atom is 0.225 e. The molecular formula is C17H24N2O2S. The fourth-order valence-electron chi connectivity index (χ4n) is 3.45. The van der Waals surface area contributed by atoms with Crippen LogP contribution in [0.25, 0.3) is 0 Å². The van der Waals surface area contributed by atoms with Crippen molar-refractivity contribution in [2.24, 2.45) is 5.92 Å². The first-order valence-electron chi connectivity index (χ1n) is 8.31. The van der Waals surface area contributed by atoms with Gasteiger partial charge in [0.1, 0.15) is 0 Å². The van der Waals surface area contributed by atoms with Crippen LogP contribution in [-0.2, 0) is 16.0 Å². The van der Waals surface area contributed by atoms with Gasteiger partial charge in [0.2, 0.25) is 11.8 Å². The molecule has 2 fully saturated rings. The fourth-order valence-corrected chi connectivity index (χ4v) is 4.15. The van der Waals surface area contributed by atoms with Crippen LogP contribution in [0.15, 0.2) is 16.8 Å². The predicted octanol–water partition coefficient (Wildman–Crippen LogP) is 2.54. The van der Waals surface area contributed by atoms with Gasteiger partial charge in [0, 0.05) is 38.5 Å². The molecule has 1 aliphatic heterocycles. The number of hydrogen-bond acceptors (Lipinski definition) is 3. The van der Waals surface area contributed by atoms with Gasteiger partial charge in [-0.15, -0.1) is 0 Å². The molecule has 1 aromatic rings. The minimum Gasteiger partial charge on any atom is -0.339 e. The van der Waals surface area contributed by atoms with Crippen LogP contribution < -0.4 is 0 Å². The number of hydrogen-bond donors (Lipinski definition) is 0. The summed E-state index contributed by atoms with van der Waals surface area (Å²) >= 11 is 1.67. The van der Waals surface area contributed by atoms with Crippen molar-refractivity contribution < 1.29 is 9.59 Å². The average molecular weight is 320 g/mol. The van der Waals surface area contributed by atoms with Gasteiger partial charge in [-0.3, -0.25) is 9.59 Å². The summed E-state index contributed by atoms with van der Waals surface area (Å²) in [6.07, 6.45) is 5.89. The maximum absolute atomic E-state index is 12.4. The van der Waals surface area contributed by atoms with Gasteiger partial charge in [-0.05, 0) is 41.7 Å². The standard InChI is InChI=1S/C17H24N2O2S/c20-16(6-5-14-7-12-22-13-14)18-8-10-19(11-9-18)17(21)15-3-1-2-4-15/h7,12-13,15H,1-6,8-11H2. The van der Waals surface area contributed by atoms with Crippen molar-refractivity contribution in [3.63, 3.8) is 0 Å². The zero-order valence-corrected chi connectivity index (χ0v) is 13.8. The fraction of sp³-hybridized carbons (Fsp3) is 0.647. The van der Waals surface area contributed by atoms with Crippen LogP contribution in [-0.4, -0.2) is 47.8 Å². The molecule has 2 amide bonds. The van der Waals surface area contributed by atoms with Gasteiger partial charge >= 0.3 is 0 Å². The smallest absolute Gasteiger partial charge is 0.225 e. The van der Waals surface area contributed by atoms with E-state index in [1.54, 1.807) is 11.3 Å². The van der Waals surface area contributed by atoms with Crippen molar-refractivity contribution in [2.75, 3.05) is 26.2 Å². The van der Waals surface area contributed by atoms with Gasteiger partial charge in [0.15, 0.2) is 0 Å². The van der Waals surface area contributed by atoms with Crippen molar-refractivity contribution in [3.05, 3.63) is 22.4 Å². The summed E-state index contributed by atoms with van der Waals surface area (Å²) in [7, 11) is 0. The summed E-state index contributed by atoms with van der Waals surface area (Å²) in [5, 5.41) is 4.15. The molecule has 0 unspecified atom stereocenters. The topological polar surface area (TPSA) is 40.6 Å². The zero-order chi connectivity index (χ0) is 15.4. The first kappa shape index (κ1) is 15.5. The largest absolute Gasteiger partial charge is 0.339 e. The van der Waals surface area contributed by atoms with Gasteiger partial charge in [-0.2, -0.15) is 11.3 Å². The molecule has 1 saturated heterocycles. The van der Waals surface area contributed by atoms with E-state index < -0.39 is 0 Å². The number of carbonyl (C=O) groups is 2. The van der Waals surface area contributed by atoms with E-state index in [1.165, 1.54) is 18.4 Å². The predicted molar refractivity (Wildman–Crippen MR) is 87.8 cm³/mol. The molecule has 0 N–H and O–H groups in total. The van der Waals surface area contributed by atoms with Crippen molar-refractivity contribution in [3.8, 4) is 0 Å². The van der Waals surface area contributed by atoms with Crippen LogP contribution in [0.5, 0.6) is 0 Å². The van der Waals surface area contributed by atoms with Crippen LogP contribution in [0, 0.1) is 5.92 Å². The Morgan fingerprint density at radius 1 is 1.09 bits per heavy atom. The third kappa shape index (κ3) is 3.69. The second kappa shape index (κ2) is 7.27. The molecule has 2 heterocycles. The lowest BCUT2D eigenvalue weighted by molar-refractivity contribution is -0.142. The Morgan fingerprint density at radius 2 is 1.77 bits per heavy atom. The summed E-state index contributed by atoms with van der Waals surface area (Å²) in [5.41, 5.74) is 1.24. The van der Waals surface area contributed by atoms with Gasteiger partial charge in [-0.25, -0.2) is 0 Å². The highest BCUT2D eigenvalue weighted by Gasteiger charge is 2.30. The zero-order valence-electron chi connectivity index (χ0n) is 13.0. The first-order valence-corrected chi connectivity index (χ1v) is 9.26. The Labute approximate surface area is 136 Å². The Kier molecular flexibility index (Phi) is 5.13. The molecule has 22 heavy (non-hydrogen) atoms. The highest BCUT2D eigenvalue weighted by atomic mass is 32.1. The summed E-state index contributed by atoms with van der Waals surface area (Å²) in [5.74, 6) is 0.794. The normalized spacial score (nSPS) is 19.6. The molecule has 5 heteroatoms. The van der Waals surface area contributed by atoms with E-state index in [2.05, 4.69) is 11.4 Å². The molecule has 1 saturated carbocycles. The highest BCUT2D eigenvalue weighted by molar-refractivity contribution is 7.07. The third-order valence-electron chi connectivity index (χ3n) is 4.86. The molecule has 0 bridgehead atoms. The van der Waals surface area contributed by atoms with Crippen LogP contribution in [0.2, 0.25) is 0 Å². The number of aryl methyl sites for hydroxylation is 1. The highest BCUT2D eigenvalue weighted by Crippen LogP contribution is 2.27. The summed E-state index contributed by atoms with van der Waals surface area (Å²) in [6.45, 7) is 2.81. The molecule has 3 rings (SSSR count). The Hall–Kier alpha value is -1.36.